The SMILES string of the molecule is [NH2+]=CC1CC=C2CCCC21. The van der Waals surface area contributed by atoms with Gasteiger partial charge in [0.1, 0.15) is 6.21 Å². The third-order valence-electron chi connectivity index (χ3n) is 2.87. The van der Waals surface area contributed by atoms with Crippen molar-refractivity contribution >= 4 is 6.21 Å². The van der Waals surface area contributed by atoms with Crippen molar-refractivity contribution in [2.75, 3.05) is 0 Å². The minimum Gasteiger partial charge on any atom is -0.264 e. The molecule has 0 saturated heterocycles. The molecular weight excluding hydrogens is 122 g/mol. The van der Waals surface area contributed by atoms with Gasteiger partial charge in [-0.15, -0.1) is 0 Å². The second-order valence-corrected chi connectivity index (χ2v) is 3.37. The highest BCUT2D eigenvalue weighted by atomic mass is 14.4. The zero-order valence-corrected chi connectivity index (χ0v) is 6.22. The summed E-state index contributed by atoms with van der Waals surface area (Å²) in [5.74, 6) is 1.52. The van der Waals surface area contributed by atoms with Crippen LogP contribution in [-0.2, 0) is 0 Å². The lowest BCUT2D eigenvalue weighted by Crippen LogP contribution is -2.35. The third-order valence-corrected chi connectivity index (χ3v) is 2.87. The summed E-state index contributed by atoms with van der Waals surface area (Å²) in [5, 5.41) is 5.53. The van der Waals surface area contributed by atoms with Crippen LogP contribution in [-0.4, -0.2) is 6.21 Å². The van der Waals surface area contributed by atoms with E-state index in [0.29, 0.717) is 5.92 Å². The first kappa shape index (κ1) is 6.14. The molecule has 2 N–H and O–H groups in total. The predicted octanol–water partition coefficient (Wildman–Crippen LogP) is 0.563. The van der Waals surface area contributed by atoms with Crippen LogP contribution in [0.3, 0.4) is 0 Å². The van der Waals surface area contributed by atoms with Gasteiger partial charge in [0.15, 0.2) is 0 Å². The van der Waals surface area contributed by atoms with E-state index in [1.54, 1.807) is 5.57 Å². The van der Waals surface area contributed by atoms with Gasteiger partial charge in [0.25, 0.3) is 0 Å². The van der Waals surface area contributed by atoms with Gasteiger partial charge in [0, 0.05) is 5.92 Å². The Morgan fingerprint density at radius 1 is 1.60 bits per heavy atom. The minimum absolute atomic E-state index is 0.678. The lowest BCUT2D eigenvalue weighted by atomic mass is 9.94. The largest absolute Gasteiger partial charge is 0.264 e. The van der Waals surface area contributed by atoms with Crippen molar-refractivity contribution < 1.29 is 5.41 Å². The monoisotopic (exact) mass is 136 g/mol. The molecule has 2 aliphatic carbocycles. The Balaban J connectivity index is 2.16. The number of hydrogen-bond acceptors (Lipinski definition) is 0. The summed E-state index contributed by atoms with van der Waals surface area (Å²) < 4.78 is 0. The lowest BCUT2D eigenvalue weighted by molar-refractivity contribution is -0.111. The molecule has 10 heavy (non-hydrogen) atoms. The van der Waals surface area contributed by atoms with Gasteiger partial charge < -0.3 is 0 Å². The van der Waals surface area contributed by atoms with Crippen LogP contribution in [0.4, 0.5) is 0 Å². The van der Waals surface area contributed by atoms with Crippen molar-refractivity contribution in [1.29, 1.82) is 0 Å². The molecule has 0 radical (unpaired) electrons. The second-order valence-electron chi connectivity index (χ2n) is 3.37. The summed E-state index contributed by atoms with van der Waals surface area (Å²) >= 11 is 0. The standard InChI is InChI=1S/C9H13N/c10-6-8-5-4-7-2-1-3-9(7)8/h4,6,8-10H,1-3,5H2/p+1. The molecule has 2 rings (SSSR count). The Morgan fingerprint density at radius 3 is 3.30 bits per heavy atom. The van der Waals surface area contributed by atoms with Crippen LogP contribution in [0.25, 0.3) is 0 Å². The first-order valence-electron chi connectivity index (χ1n) is 4.16. The van der Waals surface area contributed by atoms with Crippen molar-refractivity contribution in [2.45, 2.75) is 25.7 Å². The molecule has 0 aromatic heterocycles. The lowest BCUT2D eigenvalue weighted by Gasteiger charge is -2.08. The van der Waals surface area contributed by atoms with Gasteiger partial charge in [0.2, 0.25) is 0 Å². The first-order valence-corrected chi connectivity index (χ1v) is 4.16. The Bertz CT molecular complexity index is 181. The molecule has 0 aliphatic heterocycles. The zero-order chi connectivity index (χ0) is 6.97. The average molecular weight is 136 g/mol. The van der Waals surface area contributed by atoms with Gasteiger partial charge in [-0.1, -0.05) is 11.6 Å². The molecule has 0 aromatic carbocycles. The summed E-state index contributed by atoms with van der Waals surface area (Å²) in [6.07, 6.45) is 9.60. The maximum Gasteiger partial charge on any atom is 0.140 e. The van der Waals surface area contributed by atoms with E-state index < -0.39 is 0 Å². The Labute approximate surface area is 61.6 Å². The maximum atomic E-state index is 5.53. The molecule has 0 heterocycles. The fourth-order valence-corrected chi connectivity index (χ4v) is 2.30. The molecular formula is C9H14N+. The van der Waals surface area contributed by atoms with Crippen LogP contribution >= 0.6 is 0 Å². The quantitative estimate of drug-likeness (QED) is 0.403. The summed E-state index contributed by atoms with van der Waals surface area (Å²) in [5.41, 5.74) is 1.69. The highest BCUT2D eigenvalue weighted by molar-refractivity contribution is 5.57. The van der Waals surface area contributed by atoms with Gasteiger partial charge in [-0.2, -0.15) is 0 Å². The Hall–Kier alpha value is -0.590. The molecule has 1 fully saturated rings. The van der Waals surface area contributed by atoms with Crippen LogP contribution in [0.1, 0.15) is 25.7 Å². The Morgan fingerprint density at radius 2 is 2.50 bits per heavy atom. The van der Waals surface area contributed by atoms with E-state index in [9.17, 15) is 0 Å². The fraction of sp³-hybridized carbons (Fsp3) is 0.667. The van der Waals surface area contributed by atoms with Gasteiger partial charge >= 0.3 is 0 Å². The van der Waals surface area contributed by atoms with E-state index in [0.717, 1.165) is 5.92 Å². The van der Waals surface area contributed by atoms with Crippen LogP contribution in [0.15, 0.2) is 11.6 Å². The number of hydrogen-bond donors (Lipinski definition) is 1. The van der Waals surface area contributed by atoms with E-state index in [1.807, 2.05) is 6.21 Å². The molecule has 2 atom stereocenters. The van der Waals surface area contributed by atoms with Gasteiger partial charge in [-0.3, -0.25) is 5.41 Å². The molecule has 0 amide bonds. The summed E-state index contributed by atoms with van der Waals surface area (Å²) in [6.45, 7) is 0. The molecule has 1 heteroatoms. The number of fused-ring (bicyclic) bond motifs is 1. The summed E-state index contributed by atoms with van der Waals surface area (Å²) in [7, 11) is 0. The van der Waals surface area contributed by atoms with Crippen LogP contribution in [0.5, 0.6) is 0 Å². The van der Waals surface area contributed by atoms with E-state index in [2.05, 4.69) is 6.08 Å². The van der Waals surface area contributed by atoms with Crippen molar-refractivity contribution in [3.8, 4) is 0 Å². The van der Waals surface area contributed by atoms with Crippen LogP contribution < -0.4 is 5.41 Å². The average Bonchev–Trinajstić information content (AvgIpc) is 2.44. The van der Waals surface area contributed by atoms with Gasteiger partial charge in [0.05, 0.1) is 0 Å². The molecule has 0 spiro atoms. The highest BCUT2D eigenvalue weighted by Gasteiger charge is 2.32. The smallest absolute Gasteiger partial charge is 0.140 e. The number of rotatable bonds is 1. The molecule has 2 unspecified atom stereocenters. The van der Waals surface area contributed by atoms with Crippen LogP contribution in [0.2, 0.25) is 0 Å². The van der Waals surface area contributed by atoms with Crippen molar-refractivity contribution in [3.05, 3.63) is 11.6 Å². The van der Waals surface area contributed by atoms with Crippen molar-refractivity contribution in [3.63, 3.8) is 0 Å². The first-order chi connectivity index (χ1) is 4.92. The molecule has 0 aromatic rings. The Kier molecular flexibility index (Phi) is 1.37. The summed E-state index contributed by atoms with van der Waals surface area (Å²) in [4.78, 5) is 0. The number of nitrogens with two attached hydrogens (primary N) is 1. The van der Waals surface area contributed by atoms with Crippen LogP contribution in [0, 0.1) is 11.8 Å². The second kappa shape index (κ2) is 2.22. The van der Waals surface area contributed by atoms with E-state index >= 15 is 0 Å². The maximum absolute atomic E-state index is 5.53. The zero-order valence-electron chi connectivity index (χ0n) is 6.22. The summed E-state index contributed by atoms with van der Waals surface area (Å²) in [6, 6.07) is 0. The predicted molar refractivity (Wildman–Crippen MR) is 41.5 cm³/mol. The number of allylic oxidation sites excluding steroid dienone is 2. The normalized spacial score (nSPS) is 37.4. The fourth-order valence-electron chi connectivity index (χ4n) is 2.30. The van der Waals surface area contributed by atoms with Crippen molar-refractivity contribution in [1.82, 2.24) is 0 Å². The minimum atomic E-state index is 0.678. The van der Waals surface area contributed by atoms with E-state index in [-0.39, 0.29) is 0 Å². The van der Waals surface area contributed by atoms with Gasteiger partial charge in [-0.05, 0) is 31.6 Å². The topological polar surface area (TPSA) is 25.6 Å². The van der Waals surface area contributed by atoms with E-state index in [1.165, 1.54) is 25.7 Å². The molecule has 1 saturated carbocycles. The highest BCUT2D eigenvalue weighted by Crippen LogP contribution is 2.42. The molecule has 1 nitrogen and oxygen atoms in total. The molecule has 0 bridgehead atoms. The molecule has 54 valence electrons. The van der Waals surface area contributed by atoms with E-state index in [4.69, 9.17) is 5.41 Å². The third kappa shape index (κ3) is 0.731. The van der Waals surface area contributed by atoms with Crippen molar-refractivity contribution in [2.24, 2.45) is 11.8 Å². The van der Waals surface area contributed by atoms with Gasteiger partial charge in [-0.25, -0.2) is 0 Å². The molecule has 2 aliphatic rings.